The van der Waals surface area contributed by atoms with Crippen LogP contribution < -0.4 is 10.1 Å². The summed E-state index contributed by atoms with van der Waals surface area (Å²) in [5, 5.41) is 5.54. The SMILES string of the molecule is CNCc1c(OC2CCN(C)C2=O)ccc2ccccc12. The van der Waals surface area contributed by atoms with Gasteiger partial charge in [0.25, 0.3) is 5.91 Å². The summed E-state index contributed by atoms with van der Waals surface area (Å²) >= 11 is 0. The van der Waals surface area contributed by atoms with E-state index in [4.69, 9.17) is 4.74 Å². The maximum atomic E-state index is 12.0. The third-order valence-corrected chi connectivity index (χ3v) is 4.00. The first-order valence-electron chi connectivity index (χ1n) is 7.27. The summed E-state index contributed by atoms with van der Waals surface area (Å²) in [6.07, 6.45) is 0.396. The number of ether oxygens (including phenoxy) is 1. The second kappa shape index (κ2) is 5.74. The van der Waals surface area contributed by atoms with Crippen molar-refractivity contribution in [1.29, 1.82) is 0 Å². The number of nitrogens with one attached hydrogen (secondary N) is 1. The van der Waals surface area contributed by atoms with Crippen molar-refractivity contribution in [1.82, 2.24) is 10.2 Å². The van der Waals surface area contributed by atoms with E-state index < -0.39 is 0 Å². The lowest BCUT2D eigenvalue weighted by Crippen LogP contribution is -2.29. The van der Waals surface area contributed by atoms with Crippen LogP contribution in [-0.2, 0) is 11.3 Å². The lowest BCUT2D eigenvalue weighted by Gasteiger charge is -2.17. The maximum absolute atomic E-state index is 12.0. The maximum Gasteiger partial charge on any atom is 0.263 e. The van der Waals surface area contributed by atoms with Gasteiger partial charge < -0.3 is 15.0 Å². The Morgan fingerprint density at radius 1 is 1.29 bits per heavy atom. The van der Waals surface area contributed by atoms with E-state index >= 15 is 0 Å². The number of likely N-dealkylation sites (tertiary alicyclic amines) is 1. The molecule has 1 saturated heterocycles. The van der Waals surface area contributed by atoms with Crippen molar-refractivity contribution in [2.24, 2.45) is 0 Å². The standard InChI is InChI=1S/C17H20N2O2/c1-18-11-14-13-6-4-3-5-12(13)7-8-15(14)21-16-9-10-19(2)17(16)20/h3-8,16,18H,9-11H2,1-2H3. The number of carbonyl (C=O) groups excluding carboxylic acids is 1. The van der Waals surface area contributed by atoms with E-state index in [1.165, 1.54) is 10.8 Å². The molecular formula is C17H20N2O2. The Bertz CT molecular complexity index is 669. The molecule has 0 bridgehead atoms. The minimum Gasteiger partial charge on any atom is -0.480 e. The Balaban J connectivity index is 1.98. The Morgan fingerprint density at radius 2 is 2.10 bits per heavy atom. The van der Waals surface area contributed by atoms with E-state index in [1.807, 2.05) is 38.4 Å². The van der Waals surface area contributed by atoms with Gasteiger partial charge in [0.2, 0.25) is 0 Å². The van der Waals surface area contributed by atoms with Crippen molar-refractivity contribution in [2.75, 3.05) is 20.6 Å². The highest BCUT2D eigenvalue weighted by Gasteiger charge is 2.31. The molecule has 0 saturated carbocycles. The van der Waals surface area contributed by atoms with Crippen molar-refractivity contribution in [3.8, 4) is 5.75 Å². The zero-order valence-corrected chi connectivity index (χ0v) is 12.4. The van der Waals surface area contributed by atoms with Gasteiger partial charge in [-0.05, 0) is 23.9 Å². The fraction of sp³-hybridized carbons (Fsp3) is 0.353. The summed E-state index contributed by atoms with van der Waals surface area (Å²) in [7, 11) is 3.74. The zero-order valence-electron chi connectivity index (χ0n) is 12.4. The van der Waals surface area contributed by atoms with Gasteiger partial charge in [-0.15, -0.1) is 0 Å². The summed E-state index contributed by atoms with van der Waals surface area (Å²) in [5.41, 5.74) is 1.11. The monoisotopic (exact) mass is 284 g/mol. The molecule has 0 aliphatic carbocycles. The van der Waals surface area contributed by atoms with Gasteiger partial charge in [-0.1, -0.05) is 30.3 Å². The summed E-state index contributed by atoms with van der Waals surface area (Å²) in [6, 6.07) is 12.3. The second-order valence-corrected chi connectivity index (χ2v) is 5.45. The molecule has 0 spiro atoms. The van der Waals surface area contributed by atoms with Gasteiger partial charge in [-0.25, -0.2) is 0 Å². The number of fused-ring (bicyclic) bond motifs is 1. The molecule has 0 radical (unpaired) electrons. The molecule has 1 atom stereocenters. The number of hydrogen-bond acceptors (Lipinski definition) is 3. The van der Waals surface area contributed by atoms with E-state index in [2.05, 4.69) is 17.4 Å². The van der Waals surface area contributed by atoms with Crippen molar-refractivity contribution in [3.63, 3.8) is 0 Å². The number of carbonyl (C=O) groups is 1. The molecule has 21 heavy (non-hydrogen) atoms. The van der Waals surface area contributed by atoms with Gasteiger partial charge in [-0.2, -0.15) is 0 Å². The van der Waals surface area contributed by atoms with Crippen LogP contribution >= 0.6 is 0 Å². The number of hydrogen-bond donors (Lipinski definition) is 1. The highest BCUT2D eigenvalue weighted by Crippen LogP contribution is 2.30. The van der Waals surface area contributed by atoms with E-state index in [0.29, 0.717) is 6.54 Å². The Hall–Kier alpha value is -2.07. The molecule has 4 nitrogen and oxygen atoms in total. The third-order valence-electron chi connectivity index (χ3n) is 4.00. The molecule has 1 heterocycles. The summed E-state index contributed by atoms with van der Waals surface area (Å²) in [4.78, 5) is 13.8. The van der Waals surface area contributed by atoms with Crippen LogP contribution in [0.5, 0.6) is 5.75 Å². The fourth-order valence-corrected chi connectivity index (χ4v) is 2.84. The smallest absolute Gasteiger partial charge is 0.263 e. The third kappa shape index (κ3) is 2.59. The van der Waals surface area contributed by atoms with Gasteiger partial charge in [-0.3, -0.25) is 4.79 Å². The van der Waals surface area contributed by atoms with E-state index in [9.17, 15) is 4.79 Å². The van der Waals surface area contributed by atoms with Gasteiger partial charge in [0.05, 0.1) is 0 Å². The molecule has 2 aromatic rings. The minimum atomic E-state index is -0.355. The molecule has 3 rings (SSSR count). The quantitative estimate of drug-likeness (QED) is 0.935. The van der Waals surface area contributed by atoms with Crippen LogP contribution in [0.3, 0.4) is 0 Å². The average molecular weight is 284 g/mol. The Morgan fingerprint density at radius 3 is 2.81 bits per heavy atom. The molecule has 1 N–H and O–H groups in total. The fourth-order valence-electron chi connectivity index (χ4n) is 2.84. The van der Waals surface area contributed by atoms with Gasteiger partial charge in [0, 0.05) is 32.1 Å². The molecule has 1 fully saturated rings. The predicted octanol–water partition coefficient (Wildman–Crippen LogP) is 2.17. The Labute approximate surface area is 124 Å². The summed E-state index contributed by atoms with van der Waals surface area (Å²) < 4.78 is 6.02. The highest BCUT2D eigenvalue weighted by molar-refractivity contribution is 5.88. The number of benzene rings is 2. The highest BCUT2D eigenvalue weighted by atomic mass is 16.5. The zero-order chi connectivity index (χ0) is 14.8. The van der Waals surface area contributed by atoms with E-state index in [-0.39, 0.29) is 12.0 Å². The topological polar surface area (TPSA) is 41.6 Å². The van der Waals surface area contributed by atoms with Crippen LogP contribution in [-0.4, -0.2) is 37.6 Å². The number of amides is 1. The van der Waals surface area contributed by atoms with Crippen LogP contribution in [0.15, 0.2) is 36.4 Å². The predicted molar refractivity (Wildman–Crippen MR) is 83.4 cm³/mol. The van der Waals surface area contributed by atoms with Gasteiger partial charge in [0.1, 0.15) is 5.75 Å². The molecule has 0 aromatic heterocycles. The normalized spacial score (nSPS) is 18.5. The first-order valence-corrected chi connectivity index (χ1v) is 7.27. The van der Waals surface area contributed by atoms with Crippen molar-refractivity contribution in [2.45, 2.75) is 19.1 Å². The molecule has 110 valence electrons. The summed E-state index contributed by atoms with van der Waals surface area (Å²) in [5.74, 6) is 0.871. The van der Waals surface area contributed by atoms with E-state index in [1.54, 1.807) is 4.90 Å². The molecule has 1 aliphatic rings. The largest absolute Gasteiger partial charge is 0.480 e. The first-order chi connectivity index (χ1) is 10.2. The molecule has 1 aliphatic heterocycles. The van der Waals surface area contributed by atoms with Crippen molar-refractivity contribution in [3.05, 3.63) is 42.0 Å². The van der Waals surface area contributed by atoms with Crippen LogP contribution in [0.1, 0.15) is 12.0 Å². The van der Waals surface area contributed by atoms with Crippen LogP contribution in [0.4, 0.5) is 0 Å². The number of nitrogens with zero attached hydrogens (tertiary/aromatic N) is 1. The number of likely N-dealkylation sites (N-methyl/N-ethyl adjacent to an activating group) is 1. The average Bonchev–Trinajstić information content (AvgIpc) is 2.82. The second-order valence-electron chi connectivity index (χ2n) is 5.45. The van der Waals surface area contributed by atoms with Crippen LogP contribution in [0.25, 0.3) is 10.8 Å². The first kappa shape index (κ1) is 13.9. The van der Waals surface area contributed by atoms with Crippen LogP contribution in [0, 0.1) is 0 Å². The van der Waals surface area contributed by atoms with Crippen molar-refractivity contribution < 1.29 is 9.53 Å². The van der Waals surface area contributed by atoms with Gasteiger partial charge in [0.15, 0.2) is 6.10 Å². The van der Waals surface area contributed by atoms with Crippen LogP contribution in [0.2, 0.25) is 0 Å². The van der Waals surface area contributed by atoms with Crippen molar-refractivity contribution >= 4 is 16.7 Å². The molecular weight excluding hydrogens is 264 g/mol. The van der Waals surface area contributed by atoms with E-state index in [0.717, 1.165) is 24.3 Å². The molecule has 1 amide bonds. The Kier molecular flexibility index (Phi) is 3.80. The minimum absolute atomic E-state index is 0.0681. The molecule has 1 unspecified atom stereocenters. The molecule has 4 heteroatoms. The number of rotatable bonds is 4. The van der Waals surface area contributed by atoms with Gasteiger partial charge >= 0.3 is 0 Å². The lowest BCUT2D eigenvalue weighted by molar-refractivity contribution is -0.132. The lowest BCUT2D eigenvalue weighted by atomic mass is 10.0. The summed E-state index contributed by atoms with van der Waals surface area (Å²) in [6.45, 7) is 1.48. The molecule has 2 aromatic carbocycles.